The first-order valence-corrected chi connectivity index (χ1v) is 7.61. The first kappa shape index (κ1) is 12.9. The average molecular weight is 352 g/mol. The minimum absolute atomic E-state index is 0.0417. The van der Waals surface area contributed by atoms with Crippen LogP contribution in [-0.4, -0.2) is 0 Å². The van der Waals surface area contributed by atoms with E-state index in [0.717, 1.165) is 25.0 Å². The predicted octanol–water partition coefficient (Wildman–Crippen LogP) is 5.34. The highest BCUT2D eigenvalue weighted by atomic mass is 79.9. The number of rotatable bonds is 1. The summed E-state index contributed by atoms with van der Waals surface area (Å²) < 4.78 is 1.91. The molecule has 0 spiro atoms. The zero-order valence-corrected chi connectivity index (χ0v) is 12.8. The second-order valence-electron chi connectivity index (χ2n) is 4.12. The number of halogens is 2. The van der Waals surface area contributed by atoms with Gasteiger partial charge in [0, 0.05) is 30.5 Å². The van der Waals surface area contributed by atoms with Crippen LogP contribution >= 0.6 is 38.9 Å². The Bertz CT molecular complexity index is 808. The third-order valence-electron chi connectivity index (χ3n) is 2.82. The summed E-state index contributed by atoms with van der Waals surface area (Å²) in [5, 5.41) is 1.44. The zero-order valence-electron chi connectivity index (χ0n) is 9.69. The number of fused-ring (bicyclic) bond motifs is 1. The normalized spacial score (nSPS) is 10.8. The molecule has 2 aromatic carbocycles. The monoisotopic (exact) mass is 350 g/mol. The fourth-order valence-corrected chi connectivity index (χ4v) is 3.43. The summed E-state index contributed by atoms with van der Waals surface area (Å²) >= 11 is 10.9. The van der Waals surface area contributed by atoms with E-state index < -0.39 is 0 Å². The van der Waals surface area contributed by atoms with Crippen LogP contribution in [-0.2, 0) is 0 Å². The number of hydrogen-bond acceptors (Lipinski definition) is 2. The molecule has 1 aromatic heterocycles. The molecule has 3 rings (SSSR count). The van der Waals surface area contributed by atoms with Crippen molar-refractivity contribution in [2.45, 2.75) is 0 Å². The van der Waals surface area contributed by atoms with Gasteiger partial charge >= 0.3 is 0 Å². The van der Waals surface area contributed by atoms with Gasteiger partial charge in [-0.3, -0.25) is 4.79 Å². The van der Waals surface area contributed by atoms with Gasteiger partial charge in [0.1, 0.15) is 0 Å². The quantitative estimate of drug-likeness (QED) is 0.578. The largest absolute Gasteiger partial charge is 0.289 e. The van der Waals surface area contributed by atoms with Crippen molar-refractivity contribution in [3.63, 3.8) is 0 Å². The Morgan fingerprint density at radius 3 is 2.47 bits per heavy atom. The smallest absolute Gasteiger partial charge is 0.188 e. The minimum atomic E-state index is 0.0417. The summed E-state index contributed by atoms with van der Waals surface area (Å²) in [7, 11) is 0. The molecule has 0 atom stereocenters. The SMILES string of the molecule is O=c1cc(-c2ccc(Cl)cc2)sc2ccc(Br)cc12. The van der Waals surface area contributed by atoms with Gasteiger partial charge in [-0.05, 0) is 35.9 Å². The van der Waals surface area contributed by atoms with Crippen molar-refractivity contribution in [1.29, 1.82) is 0 Å². The summed E-state index contributed by atoms with van der Waals surface area (Å²) in [6.07, 6.45) is 0. The topological polar surface area (TPSA) is 17.1 Å². The van der Waals surface area contributed by atoms with E-state index in [0.29, 0.717) is 5.02 Å². The molecule has 3 aromatic rings. The maximum Gasteiger partial charge on any atom is 0.188 e. The molecule has 94 valence electrons. The first-order chi connectivity index (χ1) is 9.13. The van der Waals surface area contributed by atoms with E-state index >= 15 is 0 Å². The lowest BCUT2D eigenvalue weighted by molar-refractivity contribution is 1.65. The summed E-state index contributed by atoms with van der Waals surface area (Å²) in [5.74, 6) is 0. The van der Waals surface area contributed by atoms with Gasteiger partial charge in [0.25, 0.3) is 0 Å². The molecule has 0 saturated heterocycles. The molecule has 0 N–H and O–H groups in total. The predicted molar refractivity (Wildman–Crippen MR) is 86.2 cm³/mol. The van der Waals surface area contributed by atoms with E-state index in [-0.39, 0.29) is 5.43 Å². The van der Waals surface area contributed by atoms with Crippen molar-refractivity contribution < 1.29 is 0 Å². The molecule has 0 radical (unpaired) electrons. The highest BCUT2D eigenvalue weighted by Crippen LogP contribution is 2.29. The van der Waals surface area contributed by atoms with E-state index in [1.807, 2.05) is 42.5 Å². The van der Waals surface area contributed by atoms with Crippen LogP contribution in [0.2, 0.25) is 5.02 Å². The second-order valence-corrected chi connectivity index (χ2v) is 6.56. The second kappa shape index (κ2) is 5.08. The van der Waals surface area contributed by atoms with Crippen molar-refractivity contribution in [3.05, 3.63) is 68.2 Å². The van der Waals surface area contributed by atoms with Gasteiger partial charge in [0.05, 0.1) is 0 Å². The van der Waals surface area contributed by atoms with Crippen molar-refractivity contribution in [1.82, 2.24) is 0 Å². The van der Waals surface area contributed by atoms with E-state index in [4.69, 9.17) is 11.6 Å². The van der Waals surface area contributed by atoms with Gasteiger partial charge in [0.15, 0.2) is 5.43 Å². The lowest BCUT2D eigenvalue weighted by Crippen LogP contribution is -1.98. The van der Waals surface area contributed by atoms with Crippen molar-refractivity contribution >= 4 is 49.0 Å². The molecule has 0 fully saturated rings. The minimum Gasteiger partial charge on any atom is -0.289 e. The maximum atomic E-state index is 12.2. The molecular weight excluding hydrogens is 344 g/mol. The third kappa shape index (κ3) is 2.59. The van der Waals surface area contributed by atoms with E-state index in [2.05, 4.69) is 15.9 Å². The number of benzene rings is 2. The van der Waals surface area contributed by atoms with E-state index in [9.17, 15) is 4.79 Å². The molecule has 0 saturated carbocycles. The zero-order chi connectivity index (χ0) is 13.4. The van der Waals surface area contributed by atoms with Crippen LogP contribution in [0.5, 0.6) is 0 Å². The molecule has 0 unspecified atom stereocenters. The molecule has 4 heteroatoms. The van der Waals surface area contributed by atoms with Crippen LogP contribution < -0.4 is 5.43 Å². The third-order valence-corrected chi connectivity index (χ3v) is 4.71. The molecule has 1 heterocycles. The maximum absolute atomic E-state index is 12.2. The van der Waals surface area contributed by atoms with Crippen LogP contribution in [0.1, 0.15) is 0 Å². The standard InChI is InChI=1S/C15H8BrClOS/c16-10-3-6-14-12(7-10)13(18)8-15(19-14)9-1-4-11(17)5-2-9/h1-8H. The van der Waals surface area contributed by atoms with Gasteiger partial charge in [-0.2, -0.15) is 0 Å². The van der Waals surface area contributed by atoms with Gasteiger partial charge < -0.3 is 0 Å². The van der Waals surface area contributed by atoms with Crippen LogP contribution in [0.15, 0.2) is 57.8 Å². The molecule has 0 bridgehead atoms. The summed E-state index contributed by atoms with van der Waals surface area (Å²) in [5.41, 5.74) is 1.05. The van der Waals surface area contributed by atoms with Crippen molar-refractivity contribution in [2.24, 2.45) is 0 Å². The van der Waals surface area contributed by atoms with Crippen molar-refractivity contribution in [3.8, 4) is 10.4 Å². The fourth-order valence-electron chi connectivity index (χ4n) is 1.88. The molecule has 0 aliphatic rings. The fraction of sp³-hybridized carbons (Fsp3) is 0. The van der Waals surface area contributed by atoms with Gasteiger partial charge in [-0.25, -0.2) is 0 Å². The van der Waals surface area contributed by atoms with Crippen molar-refractivity contribution in [2.75, 3.05) is 0 Å². The van der Waals surface area contributed by atoms with Gasteiger partial charge in [0.2, 0.25) is 0 Å². The Morgan fingerprint density at radius 1 is 1.00 bits per heavy atom. The van der Waals surface area contributed by atoms with Crippen LogP contribution in [0.4, 0.5) is 0 Å². The Labute approximate surface area is 127 Å². The Balaban J connectivity index is 2.24. The number of hydrogen-bond donors (Lipinski definition) is 0. The summed E-state index contributed by atoms with van der Waals surface area (Å²) in [4.78, 5) is 13.1. The highest BCUT2D eigenvalue weighted by Gasteiger charge is 2.05. The molecule has 19 heavy (non-hydrogen) atoms. The average Bonchev–Trinajstić information content (AvgIpc) is 2.40. The summed E-state index contributed by atoms with van der Waals surface area (Å²) in [6, 6.07) is 15.0. The van der Waals surface area contributed by atoms with Crippen LogP contribution in [0.25, 0.3) is 20.5 Å². The summed E-state index contributed by atoms with van der Waals surface area (Å²) in [6.45, 7) is 0. The Morgan fingerprint density at radius 2 is 1.74 bits per heavy atom. The lowest BCUT2D eigenvalue weighted by atomic mass is 10.2. The van der Waals surface area contributed by atoms with Gasteiger partial charge in [-0.15, -0.1) is 11.3 Å². The van der Waals surface area contributed by atoms with Crippen LogP contribution in [0.3, 0.4) is 0 Å². The Hall–Kier alpha value is -1.16. The Kier molecular flexibility index (Phi) is 3.44. The molecular formula is C15H8BrClOS. The molecule has 0 aliphatic carbocycles. The first-order valence-electron chi connectivity index (χ1n) is 5.63. The molecule has 0 amide bonds. The van der Waals surface area contributed by atoms with E-state index in [1.165, 1.54) is 0 Å². The van der Waals surface area contributed by atoms with Gasteiger partial charge in [-0.1, -0.05) is 39.7 Å². The molecule has 0 aliphatic heterocycles. The highest BCUT2D eigenvalue weighted by molar-refractivity contribution is 9.10. The van der Waals surface area contributed by atoms with Crippen LogP contribution in [0, 0.1) is 0 Å². The molecule has 1 nitrogen and oxygen atoms in total. The van der Waals surface area contributed by atoms with E-state index in [1.54, 1.807) is 17.4 Å². The lowest BCUT2D eigenvalue weighted by Gasteiger charge is -2.03.